The van der Waals surface area contributed by atoms with Crippen molar-refractivity contribution in [3.05, 3.63) is 33.9 Å². The van der Waals surface area contributed by atoms with Crippen LogP contribution < -0.4 is 4.74 Å². The summed E-state index contributed by atoms with van der Waals surface area (Å²) in [7, 11) is 1.48. The Hall–Kier alpha value is -1.62. The molecule has 18 heavy (non-hydrogen) atoms. The summed E-state index contributed by atoms with van der Waals surface area (Å²) < 4.78 is 5.05. The molecule has 1 aromatic carbocycles. The average Bonchev–Trinajstić information content (AvgIpc) is 2.34. The normalized spacial score (nSPS) is 14.0. The highest BCUT2D eigenvalue weighted by atomic mass is 16.6. The molecule has 0 aliphatic rings. The van der Waals surface area contributed by atoms with Crippen LogP contribution in [0.5, 0.6) is 5.75 Å². The Labute approximate surface area is 107 Å². The minimum atomic E-state index is -0.435. The van der Waals surface area contributed by atoms with Crippen molar-refractivity contribution in [2.24, 2.45) is 5.92 Å². The molecule has 2 atom stereocenters. The van der Waals surface area contributed by atoms with Gasteiger partial charge in [-0.3, -0.25) is 10.1 Å². The van der Waals surface area contributed by atoms with Gasteiger partial charge in [0.1, 0.15) is 5.75 Å². The van der Waals surface area contributed by atoms with Crippen LogP contribution in [0.3, 0.4) is 0 Å². The lowest BCUT2D eigenvalue weighted by Gasteiger charge is -2.18. The molecule has 5 nitrogen and oxygen atoms in total. The van der Waals surface area contributed by atoms with E-state index in [0.717, 1.165) is 12.0 Å². The second-order valence-corrected chi connectivity index (χ2v) is 4.41. The van der Waals surface area contributed by atoms with E-state index in [2.05, 4.69) is 0 Å². The van der Waals surface area contributed by atoms with E-state index in [1.165, 1.54) is 19.2 Å². The van der Waals surface area contributed by atoms with Crippen LogP contribution in [0.1, 0.15) is 25.8 Å². The fraction of sp³-hybridized carbons (Fsp3) is 0.538. The fourth-order valence-electron chi connectivity index (χ4n) is 1.94. The maximum absolute atomic E-state index is 10.8. The smallest absolute Gasteiger partial charge is 0.273 e. The number of non-ortho nitro benzene ring substituents is 1. The number of hydrogen-bond acceptors (Lipinski definition) is 4. The second kappa shape index (κ2) is 6.35. The molecule has 0 saturated heterocycles. The zero-order valence-electron chi connectivity index (χ0n) is 10.9. The number of hydrogen-bond donors (Lipinski definition) is 1. The molecular weight excluding hydrogens is 234 g/mol. The highest BCUT2D eigenvalue weighted by Crippen LogP contribution is 2.25. The Balaban J connectivity index is 3.00. The van der Waals surface area contributed by atoms with Gasteiger partial charge in [-0.2, -0.15) is 0 Å². The summed E-state index contributed by atoms with van der Waals surface area (Å²) in [6.07, 6.45) is 0.995. The molecule has 5 heteroatoms. The van der Waals surface area contributed by atoms with Gasteiger partial charge in [0.25, 0.3) is 5.69 Å². The molecule has 0 heterocycles. The quantitative estimate of drug-likeness (QED) is 0.624. The first-order valence-electron chi connectivity index (χ1n) is 5.98. The highest BCUT2D eigenvalue weighted by Gasteiger charge is 2.16. The summed E-state index contributed by atoms with van der Waals surface area (Å²) in [5, 5.41) is 20.4. The van der Waals surface area contributed by atoms with Crippen molar-refractivity contribution < 1.29 is 14.8 Å². The molecule has 0 saturated carbocycles. The number of nitrogens with zero attached hydrogens (tertiary/aromatic N) is 1. The Kier molecular flexibility index (Phi) is 5.09. The van der Waals surface area contributed by atoms with E-state index >= 15 is 0 Å². The number of methoxy groups -OCH3 is 1. The first kappa shape index (κ1) is 14.4. The number of rotatable bonds is 6. The zero-order chi connectivity index (χ0) is 13.7. The van der Waals surface area contributed by atoms with Gasteiger partial charge in [0.05, 0.1) is 24.2 Å². The zero-order valence-corrected chi connectivity index (χ0v) is 10.9. The van der Waals surface area contributed by atoms with Crippen molar-refractivity contribution in [1.82, 2.24) is 0 Å². The minimum Gasteiger partial charge on any atom is -0.496 e. The minimum absolute atomic E-state index is 0.0183. The van der Waals surface area contributed by atoms with E-state index in [0.29, 0.717) is 12.2 Å². The van der Waals surface area contributed by atoms with E-state index in [4.69, 9.17) is 4.74 Å². The van der Waals surface area contributed by atoms with Crippen LogP contribution >= 0.6 is 0 Å². The van der Waals surface area contributed by atoms with Crippen molar-refractivity contribution >= 4 is 5.69 Å². The molecule has 1 aromatic rings. The van der Waals surface area contributed by atoms with Gasteiger partial charge in [0.15, 0.2) is 0 Å². The van der Waals surface area contributed by atoms with Gasteiger partial charge in [0, 0.05) is 6.07 Å². The number of aliphatic hydroxyl groups excluding tert-OH is 1. The number of aliphatic hydroxyl groups is 1. The molecule has 1 N–H and O–H groups in total. The molecule has 0 radical (unpaired) electrons. The van der Waals surface area contributed by atoms with E-state index < -0.39 is 11.0 Å². The lowest BCUT2D eigenvalue weighted by atomic mass is 9.92. The van der Waals surface area contributed by atoms with Gasteiger partial charge in [0.2, 0.25) is 0 Å². The first-order chi connectivity index (χ1) is 8.47. The molecular formula is C13H19NO4. The third-order valence-corrected chi connectivity index (χ3v) is 3.10. The van der Waals surface area contributed by atoms with Crippen molar-refractivity contribution in [1.29, 1.82) is 0 Å². The van der Waals surface area contributed by atoms with Crippen LogP contribution in [0.15, 0.2) is 18.2 Å². The monoisotopic (exact) mass is 253 g/mol. The molecule has 100 valence electrons. The molecule has 0 amide bonds. The fourth-order valence-corrected chi connectivity index (χ4v) is 1.94. The van der Waals surface area contributed by atoms with Gasteiger partial charge in [-0.15, -0.1) is 0 Å². The Morgan fingerprint density at radius 1 is 1.44 bits per heavy atom. The third kappa shape index (κ3) is 3.70. The molecule has 0 fully saturated rings. The summed E-state index contributed by atoms with van der Waals surface area (Å²) >= 11 is 0. The first-order valence-corrected chi connectivity index (χ1v) is 5.98. The van der Waals surface area contributed by atoms with Gasteiger partial charge < -0.3 is 9.84 Å². The van der Waals surface area contributed by atoms with Crippen LogP contribution in [0.25, 0.3) is 0 Å². The molecule has 0 aromatic heterocycles. The maximum atomic E-state index is 10.8. The molecule has 2 unspecified atom stereocenters. The second-order valence-electron chi connectivity index (χ2n) is 4.41. The summed E-state index contributed by atoms with van der Waals surface area (Å²) in [4.78, 5) is 10.4. The molecule has 0 spiro atoms. The van der Waals surface area contributed by atoms with Crippen molar-refractivity contribution in [2.75, 3.05) is 7.11 Å². The predicted octanol–water partition coefficient (Wildman–Crippen LogP) is 2.55. The standard InChI is InChI=1S/C13H19NO4/c1-4-11(9(2)15)5-10-6-12(14(16)17)8-13(7-10)18-3/h6-9,11,15H,4-5H2,1-3H3. The summed E-state index contributed by atoms with van der Waals surface area (Å²) in [6.45, 7) is 3.73. The number of benzene rings is 1. The highest BCUT2D eigenvalue weighted by molar-refractivity contribution is 5.43. The van der Waals surface area contributed by atoms with Gasteiger partial charge in [-0.05, 0) is 30.9 Å². The summed E-state index contributed by atoms with van der Waals surface area (Å²) in [5.74, 6) is 0.566. The Morgan fingerprint density at radius 2 is 2.11 bits per heavy atom. The third-order valence-electron chi connectivity index (χ3n) is 3.10. The lowest BCUT2D eigenvalue weighted by Crippen LogP contribution is -2.18. The molecule has 0 aliphatic heterocycles. The van der Waals surface area contributed by atoms with E-state index in [-0.39, 0.29) is 11.6 Å². The predicted molar refractivity (Wildman–Crippen MR) is 68.8 cm³/mol. The van der Waals surface area contributed by atoms with Gasteiger partial charge in [-0.25, -0.2) is 0 Å². The van der Waals surface area contributed by atoms with Crippen molar-refractivity contribution in [3.8, 4) is 5.75 Å². The van der Waals surface area contributed by atoms with Crippen LogP contribution in [-0.4, -0.2) is 23.2 Å². The Morgan fingerprint density at radius 3 is 2.56 bits per heavy atom. The van der Waals surface area contributed by atoms with E-state index in [1.54, 1.807) is 13.0 Å². The number of ether oxygens (including phenoxy) is 1. The topological polar surface area (TPSA) is 72.6 Å². The van der Waals surface area contributed by atoms with Crippen LogP contribution in [0, 0.1) is 16.0 Å². The molecule has 1 rings (SSSR count). The maximum Gasteiger partial charge on any atom is 0.273 e. The molecule has 0 bridgehead atoms. The van der Waals surface area contributed by atoms with Crippen LogP contribution in [0.2, 0.25) is 0 Å². The van der Waals surface area contributed by atoms with Gasteiger partial charge >= 0.3 is 0 Å². The molecule has 0 aliphatic carbocycles. The number of nitro groups is 1. The van der Waals surface area contributed by atoms with E-state index in [1.807, 2.05) is 6.92 Å². The van der Waals surface area contributed by atoms with Crippen molar-refractivity contribution in [2.45, 2.75) is 32.8 Å². The van der Waals surface area contributed by atoms with Gasteiger partial charge in [-0.1, -0.05) is 13.3 Å². The Bertz CT molecular complexity index is 417. The van der Waals surface area contributed by atoms with E-state index in [9.17, 15) is 15.2 Å². The number of nitro benzene ring substituents is 1. The van der Waals surface area contributed by atoms with Crippen molar-refractivity contribution in [3.63, 3.8) is 0 Å². The SMILES string of the molecule is CCC(Cc1cc(OC)cc([N+](=O)[O-])c1)C(C)O. The summed E-state index contributed by atoms with van der Waals surface area (Å²) in [6, 6.07) is 4.71. The average molecular weight is 253 g/mol. The summed E-state index contributed by atoms with van der Waals surface area (Å²) in [5.41, 5.74) is 0.832. The largest absolute Gasteiger partial charge is 0.496 e. The lowest BCUT2D eigenvalue weighted by molar-refractivity contribution is -0.385. The van der Waals surface area contributed by atoms with Crippen LogP contribution in [-0.2, 0) is 6.42 Å². The van der Waals surface area contributed by atoms with Crippen LogP contribution in [0.4, 0.5) is 5.69 Å².